The molecule has 1 aromatic carbocycles. The van der Waals surface area contributed by atoms with Crippen molar-refractivity contribution in [1.29, 1.82) is 0 Å². The monoisotopic (exact) mass is 268 g/mol. The number of rotatable bonds is 2. The van der Waals surface area contributed by atoms with Crippen molar-refractivity contribution in [1.82, 2.24) is 0 Å². The summed E-state index contributed by atoms with van der Waals surface area (Å²) in [6, 6.07) is 5.81. The first-order valence-electron chi connectivity index (χ1n) is 4.02. The lowest BCUT2D eigenvalue weighted by atomic mass is 10.3. The van der Waals surface area contributed by atoms with Gasteiger partial charge in [-0.2, -0.15) is 0 Å². The highest BCUT2D eigenvalue weighted by Crippen LogP contribution is 2.22. The van der Waals surface area contributed by atoms with E-state index in [9.17, 15) is 8.78 Å². The minimum Gasteiger partial charge on any atom is -0.410 e. The van der Waals surface area contributed by atoms with Crippen molar-refractivity contribution in [3.63, 3.8) is 0 Å². The molecule has 0 unspecified atom stereocenters. The molecule has 0 fully saturated rings. The van der Waals surface area contributed by atoms with Gasteiger partial charge in [0, 0.05) is 4.47 Å². The van der Waals surface area contributed by atoms with Crippen LogP contribution in [-0.4, -0.2) is 11.4 Å². The predicted molar refractivity (Wildman–Crippen MR) is 53.3 cm³/mol. The largest absolute Gasteiger partial charge is 0.532 e. The second-order valence-electron chi connectivity index (χ2n) is 2.05. The highest BCUT2D eigenvalue weighted by atomic mass is 79.9. The van der Waals surface area contributed by atoms with Gasteiger partial charge in [0.1, 0.15) is 5.75 Å². The Kier molecular flexibility index (Phi) is 5.64. The van der Waals surface area contributed by atoms with Crippen molar-refractivity contribution in [3.8, 4) is 5.75 Å². The van der Waals surface area contributed by atoms with Crippen molar-refractivity contribution in [2.45, 2.75) is 20.1 Å². The molecule has 0 amide bonds. The Hall–Kier alpha value is -0.680. The number of halogens is 3. The van der Waals surface area contributed by atoms with Gasteiger partial charge in [-0.1, -0.05) is 35.8 Å². The first-order valence-corrected chi connectivity index (χ1v) is 4.81. The quantitative estimate of drug-likeness (QED) is 0.834. The molecule has 5 heteroatoms. The lowest BCUT2D eigenvalue weighted by Gasteiger charge is -2.10. The number of alkyl halides is 2. The Balaban J connectivity index is 0.000000791. The molecule has 14 heavy (non-hydrogen) atoms. The van der Waals surface area contributed by atoms with E-state index in [4.69, 9.17) is 5.11 Å². The van der Waals surface area contributed by atoms with Crippen LogP contribution >= 0.6 is 15.9 Å². The van der Waals surface area contributed by atoms with Gasteiger partial charge < -0.3 is 9.84 Å². The molecule has 0 aliphatic rings. The number of hydrogen-bond donors (Lipinski definition) is 1. The van der Waals surface area contributed by atoms with E-state index >= 15 is 0 Å². The van der Waals surface area contributed by atoms with Crippen LogP contribution in [0.2, 0.25) is 0 Å². The Morgan fingerprint density at radius 3 is 2.36 bits per heavy atom. The molecule has 0 heterocycles. The molecule has 1 rings (SSSR count). The summed E-state index contributed by atoms with van der Waals surface area (Å²) >= 11 is 3.06. The first-order chi connectivity index (χ1) is 6.47. The molecular weight excluding hydrogens is 258 g/mol. The molecule has 80 valence electrons. The molecule has 0 saturated heterocycles. The fraction of sp³-hybridized carbons (Fsp3) is 0.333. The van der Waals surface area contributed by atoms with Crippen LogP contribution in [0.15, 0.2) is 28.7 Å². The van der Waals surface area contributed by atoms with Crippen LogP contribution < -0.4 is 4.74 Å². The number of ether oxygens (including phenoxy) is 1. The normalized spacial score (nSPS) is 10.1. The summed E-state index contributed by atoms with van der Waals surface area (Å²) in [6.45, 7) is 4.00. The van der Waals surface area contributed by atoms with Gasteiger partial charge in [-0.3, -0.25) is 0 Å². The van der Waals surface area contributed by atoms with Crippen LogP contribution in [0.25, 0.3) is 0 Å². The van der Waals surface area contributed by atoms with Crippen molar-refractivity contribution >= 4 is 15.9 Å². The number of hydrogen-bond acceptors (Lipinski definition) is 2. The van der Waals surface area contributed by atoms with E-state index in [0.29, 0.717) is 4.47 Å². The maximum absolute atomic E-state index is 11.9. The van der Waals surface area contributed by atoms with Crippen LogP contribution in [0.3, 0.4) is 0 Å². The lowest BCUT2D eigenvalue weighted by Crippen LogP contribution is -2.23. The zero-order valence-electron chi connectivity index (χ0n) is 7.80. The van der Waals surface area contributed by atoms with E-state index in [-0.39, 0.29) is 5.75 Å². The minimum atomic E-state index is -4.12. The van der Waals surface area contributed by atoms with Crippen LogP contribution in [-0.2, 0) is 0 Å². The zero-order valence-corrected chi connectivity index (χ0v) is 9.38. The minimum absolute atomic E-state index is 0.100. The van der Waals surface area contributed by atoms with Gasteiger partial charge in [-0.05, 0) is 18.2 Å². The third-order valence-electron chi connectivity index (χ3n) is 1.04. The summed E-state index contributed by atoms with van der Waals surface area (Å²) in [7, 11) is 0. The summed E-state index contributed by atoms with van der Waals surface area (Å²) in [5.74, 6) is -0.100. The third-order valence-corrected chi connectivity index (χ3v) is 1.53. The highest BCUT2D eigenvalue weighted by molar-refractivity contribution is 9.10. The summed E-state index contributed by atoms with van der Waals surface area (Å²) in [6.07, 6.45) is -4.12. The van der Waals surface area contributed by atoms with Gasteiger partial charge in [-0.15, -0.1) is 8.78 Å². The Morgan fingerprint density at radius 2 is 1.93 bits per heavy atom. The highest BCUT2D eigenvalue weighted by Gasteiger charge is 2.27. The molecular formula is C9H11BrF2O2. The summed E-state index contributed by atoms with van der Waals surface area (Å²) < 4.78 is 28.2. The molecule has 0 aliphatic heterocycles. The molecule has 0 aromatic heterocycles. The molecule has 0 radical (unpaired) electrons. The maximum Gasteiger partial charge on any atom is 0.532 e. The van der Waals surface area contributed by atoms with Crippen LogP contribution in [0.4, 0.5) is 8.78 Å². The van der Waals surface area contributed by atoms with Crippen molar-refractivity contribution in [3.05, 3.63) is 28.7 Å². The van der Waals surface area contributed by atoms with Gasteiger partial charge in [0.15, 0.2) is 0 Å². The van der Waals surface area contributed by atoms with Gasteiger partial charge in [-0.25, -0.2) is 0 Å². The smallest absolute Gasteiger partial charge is 0.410 e. The van der Waals surface area contributed by atoms with E-state index in [1.807, 2.05) is 13.8 Å². The SMILES string of the molecule is CC.OC(F)(F)Oc1cccc(Br)c1. The summed E-state index contributed by atoms with van der Waals surface area (Å²) in [4.78, 5) is 0. The first kappa shape index (κ1) is 13.3. The van der Waals surface area contributed by atoms with Crippen LogP contribution in [0.5, 0.6) is 5.75 Å². The average molecular weight is 269 g/mol. The van der Waals surface area contributed by atoms with Crippen molar-refractivity contribution in [2.24, 2.45) is 0 Å². The maximum atomic E-state index is 11.9. The topological polar surface area (TPSA) is 29.5 Å². The van der Waals surface area contributed by atoms with E-state index in [0.717, 1.165) is 0 Å². The number of benzene rings is 1. The van der Waals surface area contributed by atoms with Crippen LogP contribution in [0.1, 0.15) is 13.8 Å². The Bertz CT molecular complexity index is 274. The average Bonchev–Trinajstić information content (AvgIpc) is 2.04. The Morgan fingerprint density at radius 1 is 1.36 bits per heavy atom. The van der Waals surface area contributed by atoms with E-state index in [2.05, 4.69) is 20.7 Å². The molecule has 0 bridgehead atoms. The van der Waals surface area contributed by atoms with Gasteiger partial charge in [0.25, 0.3) is 0 Å². The lowest BCUT2D eigenvalue weighted by molar-refractivity contribution is -0.327. The van der Waals surface area contributed by atoms with Crippen molar-refractivity contribution in [2.75, 3.05) is 0 Å². The standard InChI is InChI=1S/C7H5BrF2O2.C2H6/c8-5-2-1-3-6(4-5)12-7(9,10)11;1-2/h1-4,11H;1-2H3. The molecule has 0 atom stereocenters. The molecule has 1 aromatic rings. The third kappa shape index (κ3) is 5.88. The Labute approximate surface area is 89.6 Å². The second kappa shape index (κ2) is 5.93. The van der Waals surface area contributed by atoms with E-state index in [1.54, 1.807) is 6.07 Å². The van der Waals surface area contributed by atoms with Gasteiger partial charge in [0.2, 0.25) is 0 Å². The fourth-order valence-electron chi connectivity index (χ4n) is 0.672. The van der Waals surface area contributed by atoms with Gasteiger partial charge >= 0.3 is 6.29 Å². The summed E-state index contributed by atoms with van der Waals surface area (Å²) in [5.41, 5.74) is 0. The molecule has 2 nitrogen and oxygen atoms in total. The van der Waals surface area contributed by atoms with E-state index in [1.165, 1.54) is 18.2 Å². The molecule has 1 N–H and O–H groups in total. The zero-order chi connectivity index (χ0) is 11.2. The molecule has 0 saturated carbocycles. The van der Waals surface area contributed by atoms with Gasteiger partial charge in [0.05, 0.1) is 0 Å². The second-order valence-corrected chi connectivity index (χ2v) is 2.96. The molecule has 0 aliphatic carbocycles. The number of aliphatic hydroxyl groups is 1. The fourth-order valence-corrected chi connectivity index (χ4v) is 1.05. The van der Waals surface area contributed by atoms with E-state index < -0.39 is 6.29 Å². The predicted octanol–water partition coefficient (Wildman–Crippen LogP) is 3.40. The van der Waals surface area contributed by atoms with Crippen LogP contribution in [0, 0.1) is 0 Å². The molecule has 0 spiro atoms. The van der Waals surface area contributed by atoms with Crippen molar-refractivity contribution < 1.29 is 18.6 Å². The summed E-state index contributed by atoms with van der Waals surface area (Å²) in [5, 5.41) is 7.99.